The number of hydrogen-bond acceptors (Lipinski definition) is 6. The third-order valence-corrected chi connectivity index (χ3v) is 3.47. The number of benzene rings is 1. The number of ether oxygens (including phenoxy) is 2. The molecule has 0 radical (unpaired) electrons. The van der Waals surface area contributed by atoms with Gasteiger partial charge in [0, 0.05) is 0 Å². The Kier molecular flexibility index (Phi) is 6.38. The van der Waals surface area contributed by atoms with Crippen molar-refractivity contribution in [2.45, 2.75) is 45.3 Å². The Morgan fingerprint density at radius 1 is 1.23 bits per heavy atom. The van der Waals surface area contributed by atoms with Gasteiger partial charge < -0.3 is 19.2 Å². The van der Waals surface area contributed by atoms with Gasteiger partial charge in [0.15, 0.2) is 5.69 Å². The fraction of sp³-hybridized carbons (Fsp3) is 0.421. The highest BCUT2D eigenvalue weighted by atomic mass is 16.6. The lowest BCUT2D eigenvalue weighted by molar-refractivity contribution is 0.0492. The molecule has 0 saturated heterocycles. The van der Waals surface area contributed by atoms with Crippen molar-refractivity contribution < 1.29 is 23.5 Å². The number of aryl methyl sites for hydroxylation is 1. The highest BCUT2D eigenvalue weighted by Crippen LogP contribution is 2.20. The van der Waals surface area contributed by atoms with Gasteiger partial charge in [-0.2, -0.15) is 0 Å². The molecule has 1 amide bonds. The van der Waals surface area contributed by atoms with Crippen LogP contribution >= 0.6 is 0 Å². The van der Waals surface area contributed by atoms with Crippen LogP contribution in [0, 0.1) is 0 Å². The van der Waals surface area contributed by atoms with E-state index in [0.717, 1.165) is 5.56 Å². The third kappa shape index (κ3) is 5.91. The molecule has 0 saturated carbocycles. The molecule has 0 bridgehead atoms. The summed E-state index contributed by atoms with van der Waals surface area (Å²) in [6, 6.07) is 9.30. The van der Waals surface area contributed by atoms with Crippen LogP contribution in [0.2, 0.25) is 0 Å². The standard InChI is InChI=1S/C19H24N2O5/c1-19(2,3)26-18(23)21-14(11-10-13-8-6-5-7-9-13)16-20-15(12-25-16)17(22)24-4/h5-9,12,14H,10-11H2,1-4H3,(H,21,23)/t14-/m1/s1. The molecule has 2 aromatic rings. The van der Waals surface area contributed by atoms with E-state index in [1.807, 2.05) is 30.3 Å². The largest absolute Gasteiger partial charge is 0.464 e. The number of oxazole rings is 1. The normalized spacial score (nSPS) is 12.3. The van der Waals surface area contributed by atoms with Crippen molar-refractivity contribution >= 4 is 12.1 Å². The Morgan fingerprint density at radius 3 is 2.54 bits per heavy atom. The van der Waals surface area contributed by atoms with E-state index in [9.17, 15) is 9.59 Å². The van der Waals surface area contributed by atoms with Crippen LogP contribution < -0.4 is 5.32 Å². The van der Waals surface area contributed by atoms with Crippen LogP contribution in [0.4, 0.5) is 4.79 Å². The van der Waals surface area contributed by atoms with Gasteiger partial charge in [0.2, 0.25) is 5.89 Å². The fourth-order valence-electron chi connectivity index (χ4n) is 2.31. The molecule has 1 atom stereocenters. The van der Waals surface area contributed by atoms with Crippen LogP contribution in [-0.2, 0) is 15.9 Å². The lowest BCUT2D eigenvalue weighted by Gasteiger charge is -2.22. The summed E-state index contributed by atoms with van der Waals surface area (Å²) in [7, 11) is 1.27. The van der Waals surface area contributed by atoms with E-state index in [4.69, 9.17) is 9.15 Å². The van der Waals surface area contributed by atoms with Gasteiger partial charge in [0.1, 0.15) is 17.9 Å². The smallest absolute Gasteiger partial charge is 0.408 e. The molecule has 0 aliphatic rings. The lowest BCUT2D eigenvalue weighted by atomic mass is 10.1. The van der Waals surface area contributed by atoms with Crippen molar-refractivity contribution in [2.24, 2.45) is 0 Å². The van der Waals surface area contributed by atoms with Crippen molar-refractivity contribution in [1.29, 1.82) is 0 Å². The topological polar surface area (TPSA) is 90.7 Å². The Morgan fingerprint density at radius 2 is 1.92 bits per heavy atom. The van der Waals surface area contributed by atoms with Crippen LogP contribution in [-0.4, -0.2) is 29.8 Å². The van der Waals surface area contributed by atoms with E-state index in [1.165, 1.54) is 13.4 Å². The summed E-state index contributed by atoms with van der Waals surface area (Å²) in [6.07, 6.45) is 1.86. The average molecular weight is 360 g/mol. The number of amides is 1. The molecule has 0 unspecified atom stereocenters. The zero-order valence-electron chi connectivity index (χ0n) is 15.4. The molecule has 7 heteroatoms. The molecular formula is C19H24N2O5. The van der Waals surface area contributed by atoms with Gasteiger partial charge in [-0.05, 0) is 39.2 Å². The predicted molar refractivity (Wildman–Crippen MR) is 94.7 cm³/mol. The molecule has 1 aromatic carbocycles. The van der Waals surface area contributed by atoms with Crippen molar-refractivity contribution in [3.05, 3.63) is 53.7 Å². The highest BCUT2D eigenvalue weighted by molar-refractivity contribution is 5.86. The first-order valence-corrected chi connectivity index (χ1v) is 8.35. The van der Waals surface area contributed by atoms with Gasteiger partial charge in [-0.3, -0.25) is 0 Å². The number of aromatic nitrogens is 1. The molecule has 1 N–H and O–H groups in total. The molecule has 7 nitrogen and oxygen atoms in total. The number of nitrogens with one attached hydrogen (secondary N) is 1. The number of carbonyl (C=O) groups excluding carboxylic acids is 2. The minimum atomic E-state index is -0.623. The van der Waals surface area contributed by atoms with Crippen LogP contribution in [0.15, 0.2) is 41.0 Å². The zero-order valence-corrected chi connectivity index (χ0v) is 15.4. The molecule has 1 aromatic heterocycles. The van der Waals surface area contributed by atoms with E-state index >= 15 is 0 Å². The van der Waals surface area contributed by atoms with Gasteiger partial charge in [-0.25, -0.2) is 14.6 Å². The summed E-state index contributed by atoms with van der Waals surface area (Å²) in [4.78, 5) is 27.9. The molecule has 26 heavy (non-hydrogen) atoms. The predicted octanol–water partition coefficient (Wildman–Crippen LogP) is 3.66. The average Bonchev–Trinajstić information content (AvgIpc) is 3.07. The lowest BCUT2D eigenvalue weighted by Crippen LogP contribution is -2.35. The number of esters is 1. The number of methoxy groups -OCH3 is 1. The molecule has 0 spiro atoms. The summed E-state index contributed by atoms with van der Waals surface area (Å²) in [6.45, 7) is 5.35. The van der Waals surface area contributed by atoms with Gasteiger partial charge in [-0.15, -0.1) is 0 Å². The first-order chi connectivity index (χ1) is 12.3. The number of alkyl carbamates (subject to hydrolysis) is 1. The summed E-state index contributed by atoms with van der Waals surface area (Å²) < 4.78 is 15.3. The summed E-state index contributed by atoms with van der Waals surface area (Å²) in [5.41, 5.74) is 0.545. The second-order valence-electron chi connectivity index (χ2n) is 6.79. The SMILES string of the molecule is COC(=O)c1coc([C@@H](CCc2ccccc2)NC(=O)OC(C)(C)C)n1. The van der Waals surface area contributed by atoms with Gasteiger partial charge in [-0.1, -0.05) is 30.3 Å². The van der Waals surface area contributed by atoms with E-state index < -0.39 is 23.7 Å². The molecule has 0 aliphatic carbocycles. The number of rotatable bonds is 6. The molecule has 0 aliphatic heterocycles. The number of hydrogen-bond donors (Lipinski definition) is 1. The van der Waals surface area contributed by atoms with Gasteiger partial charge in [0.25, 0.3) is 0 Å². The van der Waals surface area contributed by atoms with Gasteiger partial charge in [0.05, 0.1) is 7.11 Å². The Hall–Kier alpha value is -2.83. The summed E-state index contributed by atoms with van der Waals surface area (Å²) in [5, 5.41) is 2.76. The molecule has 2 rings (SSSR count). The third-order valence-electron chi connectivity index (χ3n) is 3.47. The maximum Gasteiger partial charge on any atom is 0.408 e. The van der Waals surface area contributed by atoms with E-state index in [-0.39, 0.29) is 11.6 Å². The van der Waals surface area contributed by atoms with Crippen molar-refractivity contribution in [1.82, 2.24) is 10.3 Å². The van der Waals surface area contributed by atoms with Crippen LogP contribution in [0.25, 0.3) is 0 Å². The molecule has 0 fully saturated rings. The molecular weight excluding hydrogens is 336 g/mol. The number of nitrogens with zero attached hydrogens (tertiary/aromatic N) is 1. The Labute approximate surface area is 152 Å². The van der Waals surface area contributed by atoms with E-state index in [1.54, 1.807) is 20.8 Å². The highest BCUT2D eigenvalue weighted by Gasteiger charge is 2.25. The van der Waals surface area contributed by atoms with Crippen LogP contribution in [0.5, 0.6) is 0 Å². The second-order valence-corrected chi connectivity index (χ2v) is 6.79. The van der Waals surface area contributed by atoms with Gasteiger partial charge >= 0.3 is 12.1 Å². The minimum Gasteiger partial charge on any atom is -0.464 e. The molecule has 140 valence electrons. The van der Waals surface area contributed by atoms with E-state index in [2.05, 4.69) is 15.0 Å². The minimum absolute atomic E-state index is 0.0539. The van der Waals surface area contributed by atoms with Crippen molar-refractivity contribution in [2.75, 3.05) is 7.11 Å². The Bertz CT molecular complexity index is 734. The Balaban J connectivity index is 2.13. The number of carbonyl (C=O) groups is 2. The van der Waals surface area contributed by atoms with Crippen LogP contribution in [0.1, 0.15) is 55.2 Å². The van der Waals surface area contributed by atoms with Crippen LogP contribution in [0.3, 0.4) is 0 Å². The monoisotopic (exact) mass is 360 g/mol. The second kappa shape index (κ2) is 8.51. The quantitative estimate of drug-likeness (QED) is 0.791. The fourth-order valence-corrected chi connectivity index (χ4v) is 2.31. The zero-order chi connectivity index (χ0) is 19.2. The maximum absolute atomic E-state index is 12.2. The van der Waals surface area contributed by atoms with E-state index in [0.29, 0.717) is 12.8 Å². The first-order valence-electron chi connectivity index (χ1n) is 8.35. The molecule has 1 heterocycles. The first kappa shape index (κ1) is 19.5. The van der Waals surface area contributed by atoms with Crippen molar-refractivity contribution in [3.63, 3.8) is 0 Å². The van der Waals surface area contributed by atoms with Crippen molar-refractivity contribution in [3.8, 4) is 0 Å². The summed E-state index contributed by atoms with van der Waals surface area (Å²) >= 11 is 0. The maximum atomic E-state index is 12.2. The summed E-state index contributed by atoms with van der Waals surface area (Å²) in [5.74, 6) is -0.369.